The third-order valence-electron chi connectivity index (χ3n) is 4.52. The lowest BCUT2D eigenvalue weighted by atomic mass is 9.87. The minimum absolute atomic E-state index is 0.104. The zero-order chi connectivity index (χ0) is 20.8. The van der Waals surface area contributed by atoms with E-state index in [1.54, 1.807) is 11.8 Å². The summed E-state index contributed by atoms with van der Waals surface area (Å²) in [7, 11) is 0. The van der Waals surface area contributed by atoms with Crippen molar-refractivity contribution in [3.63, 3.8) is 0 Å². The van der Waals surface area contributed by atoms with E-state index in [9.17, 15) is 14.9 Å². The predicted molar refractivity (Wildman–Crippen MR) is 119 cm³/mol. The van der Waals surface area contributed by atoms with Crippen LogP contribution in [-0.2, 0) is 9.59 Å². The van der Waals surface area contributed by atoms with Crippen LogP contribution in [0.3, 0.4) is 0 Å². The summed E-state index contributed by atoms with van der Waals surface area (Å²) in [5.41, 5.74) is 3.20. The second-order valence-corrected chi connectivity index (χ2v) is 8.50. The molecule has 5 nitrogen and oxygen atoms in total. The van der Waals surface area contributed by atoms with Gasteiger partial charge >= 0.3 is 0 Å². The molecule has 1 aliphatic rings. The van der Waals surface area contributed by atoms with E-state index in [1.165, 1.54) is 11.8 Å². The topological polar surface area (TPSA) is 82.0 Å². The lowest BCUT2D eigenvalue weighted by molar-refractivity contribution is -0.121. The maximum absolute atomic E-state index is 12.3. The maximum atomic E-state index is 12.3. The first-order valence-electron chi connectivity index (χ1n) is 9.07. The predicted octanol–water partition coefficient (Wildman–Crippen LogP) is 4.43. The Morgan fingerprint density at radius 1 is 1.28 bits per heavy atom. The summed E-state index contributed by atoms with van der Waals surface area (Å²) in [6, 6.07) is 17.7. The molecule has 0 unspecified atom stereocenters. The summed E-state index contributed by atoms with van der Waals surface area (Å²) in [4.78, 5) is 25.7. The van der Waals surface area contributed by atoms with Gasteiger partial charge in [0.05, 0.1) is 22.4 Å². The summed E-state index contributed by atoms with van der Waals surface area (Å²) in [5.74, 6) is -0.532. The third kappa shape index (κ3) is 5.43. The van der Waals surface area contributed by atoms with Crippen molar-refractivity contribution in [3.05, 3.63) is 70.3 Å². The number of thioether (sulfide) groups is 2. The van der Waals surface area contributed by atoms with Gasteiger partial charge in [-0.1, -0.05) is 36.0 Å². The Labute approximate surface area is 179 Å². The van der Waals surface area contributed by atoms with Crippen LogP contribution in [0.2, 0.25) is 0 Å². The number of amides is 2. The molecule has 2 aromatic rings. The number of nitriles is 1. The minimum atomic E-state index is -0.299. The van der Waals surface area contributed by atoms with Crippen LogP contribution in [0.4, 0.5) is 5.69 Å². The van der Waals surface area contributed by atoms with E-state index in [-0.39, 0.29) is 29.9 Å². The summed E-state index contributed by atoms with van der Waals surface area (Å²) in [5, 5.41) is 15.8. The number of aryl methyl sites for hydroxylation is 1. The molecule has 0 saturated carbocycles. The van der Waals surface area contributed by atoms with E-state index in [0.717, 1.165) is 21.7 Å². The lowest BCUT2D eigenvalue weighted by Gasteiger charge is -2.25. The van der Waals surface area contributed by atoms with Gasteiger partial charge in [0.25, 0.3) is 0 Å². The highest BCUT2D eigenvalue weighted by atomic mass is 32.2. The van der Waals surface area contributed by atoms with Gasteiger partial charge in [0.1, 0.15) is 0 Å². The molecule has 2 amide bonds. The summed E-state index contributed by atoms with van der Waals surface area (Å²) in [6.45, 7) is 1.96. The SMILES string of the molecule is CSc1ccc([C@H]2CC(=O)NC(SCC(=O)Nc3cccc(C)c3)=C2C#N)cc1. The molecule has 0 radical (unpaired) electrons. The molecule has 148 valence electrons. The van der Waals surface area contributed by atoms with Crippen LogP contribution in [0.25, 0.3) is 0 Å². The molecule has 0 saturated heterocycles. The fourth-order valence-electron chi connectivity index (χ4n) is 3.11. The largest absolute Gasteiger partial charge is 0.325 e. The van der Waals surface area contributed by atoms with Gasteiger partial charge < -0.3 is 10.6 Å². The van der Waals surface area contributed by atoms with Crippen LogP contribution in [0.5, 0.6) is 0 Å². The Hall–Kier alpha value is -2.69. The number of benzene rings is 2. The van der Waals surface area contributed by atoms with Crippen LogP contribution < -0.4 is 10.6 Å². The number of anilines is 1. The normalized spacial score (nSPS) is 16.2. The number of hydrogen-bond donors (Lipinski definition) is 2. The Bertz CT molecular complexity index is 994. The van der Waals surface area contributed by atoms with Crippen molar-refractivity contribution in [2.75, 3.05) is 17.3 Å². The quantitative estimate of drug-likeness (QED) is 0.672. The molecule has 0 aliphatic carbocycles. The smallest absolute Gasteiger partial charge is 0.234 e. The molecule has 1 heterocycles. The van der Waals surface area contributed by atoms with Crippen LogP contribution in [0, 0.1) is 18.3 Å². The zero-order valence-corrected chi connectivity index (χ0v) is 17.8. The van der Waals surface area contributed by atoms with Gasteiger partial charge in [0, 0.05) is 22.9 Å². The molecule has 0 bridgehead atoms. The van der Waals surface area contributed by atoms with E-state index in [2.05, 4.69) is 16.7 Å². The van der Waals surface area contributed by atoms with Gasteiger partial charge in [0.2, 0.25) is 11.8 Å². The van der Waals surface area contributed by atoms with Gasteiger partial charge in [-0.15, -0.1) is 11.8 Å². The monoisotopic (exact) mass is 423 g/mol. The number of nitrogens with zero attached hydrogens (tertiary/aromatic N) is 1. The Morgan fingerprint density at radius 2 is 2.03 bits per heavy atom. The molecule has 0 spiro atoms. The molecule has 2 N–H and O–H groups in total. The minimum Gasteiger partial charge on any atom is -0.325 e. The van der Waals surface area contributed by atoms with Crippen molar-refractivity contribution in [3.8, 4) is 6.07 Å². The fraction of sp³-hybridized carbons (Fsp3) is 0.227. The van der Waals surface area contributed by atoms with E-state index in [4.69, 9.17) is 0 Å². The number of carbonyl (C=O) groups excluding carboxylic acids is 2. The Morgan fingerprint density at radius 3 is 2.69 bits per heavy atom. The van der Waals surface area contributed by atoms with Crippen LogP contribution in [0.15, 0.2) is 64.0 Å². The fourth-order valence-corrected chi connectivity index (χ4v) is 4.40. The standard InChI is InChI=1S/C22H21N3O2S2/c1-14-4-3-5-16(10-14)24-21(27)13-29-22-19(12-23)18(11-20(26)25-22)15-6-8-17(28-2)9-7-15/h3-10,18H,11,13H2,1-2H3,(H,24,27)(H,25,26)/t18-/m1/s1. The molecule has 0 aromatic heterocycles. The molecule has 1 aliphatic heterocycles. The van der Waals surface area contributed by atoms with Crippen molar-refractivity contribution in [1.82, 2.24) is 5.32 Å². The van der Waals surface area contributed by atoms with Crippen molar-refractivity contribution in [2.24, 2.45) is 0 Å². The van der Waals surface area contributed by atoms with Crippen LogP contribution in [-0.4, -0.2) is 23.8 Å². The average molecular weight is 424 g/mol. The van der Waals surface area contributed by atoms with Gasteiger partial charge in [-0.2, -0.15) is 5.26 Å². The van der Waals surface area contributed by atoms with Gasteiger partial charge in [-0.3, -0.25) is 9.59 Å². The van der Waals surface area contributed by atoms with E-state index in [1.807, 2.05) is 61.7 Å². The molecular weight excluding hydrogens is 402 g/mol. The zero-order valence-electron chi connectivity index (χ0n) is 16.2. The van der Waals surface area contributed by atoms with Crippen LogP contribution in [0.1, 0.15) is 23.5 Å². The Kier molecular flexibility index (Phi) is 7.02. The molecule has 3 rings (SSSR count). The third-order valence-corrected chi connectivity index (χ3v) is 6.28. The first-order chi connectivity index (χ1) is 14.0. The highest BCUT2D eigenvalue weighted by molar-refractivity contribution is 8.03. The summed E-state index contributed by atoms with van der Waals surface area (Å²) >= 11 is 2.82. The number of rotatable bonds is 6. The molecule has 2 aromatic carbocycles. The molecule has 29 heavy (non-hydrogen) atoms. The first kappa shape index (κ1) is 21.0. The van der Waals surface area contributed by atoms with Gasteiger partial charge in [-0.05, 0) is 48.6 Å². The highest BCUT2D eigenvalue weighted by Gasteiger charge is 2.29. The van der Waals surface area contributed by atoms with Crippen LogP contribution >= 0.6 is 23.5 Å². The summed E-state index contributed by atoms with van der Waals surface area (Å²) in [6.07, 6.45) is 2.22. The molecule has 7 heteroatoms. The van der Waals surface area contributed by atoms with Crippen molar-refractivity contribution >= 4 is 41.0 Å². The lowest BCUT2D eigenvalue weighted by Crippen LogP contribution is -2.31. The number of hydrogen-bond acceptors (Lipinski definition) is 5. The van der Waals surface area contributed by atoms with Gasteiger partial charge in [-0.25, -0.2) is 0 Å². The molecule has 1 atom stereocenters. The highest BCUT2D eigenvalue weighted by Crippen LogP contribution is 2.36. The Balaban J connectivity index is 1.74. The maximum Gasteiger partial charge on any atom is 0.234 e. The van der Waals surface area contributed by atoms with Crippen molar-refractivity contribution in [1.29, 1.82) is 5.26 Å². The van der Waals surface area contributed by atoms with Crippen molar-refractivity contribution < 1.29 is 9.59 Å². The second-order valence-electron chi connectivity index (χ2n) is 6.64. The van der Waals surface area contributed by atoms with Crippen molar-refractivity contribution in [2.45, 2.75) is 24.2 Å². The van der Waals surface area contributed by atoms with E-state index >= 15 is 0 Å². The molecule has 0 fully saturated rings. The first-order valence-corrected chi connectivity index (χ1v) is 11.3. The van der Waals surface area contributed by atoms with E-state index < -0.39 is 0 Å². The average Bonchev–Trinajstić information content (AvgIpc) is 2.72. The second kappa shape index (κ2) is 9.68. The van der Waals surface area contributed by atoms with Gasteiger partial charge in [0.15, 0.2) is 0 Å². The molecular formula is C22H21N3O2S2. The van der Waals surface area contributed by atoms with E-state index in [0.29, 0.717) is 10.6 Å². The number of carbonyl (C=O) groups is 2. The number of nitrogens with one attached hydrogen (secondary N) is 2. The summed E-state index contributed by atoms with van der Waals surface area (Å²) < 4.78 is 0. The number of allylic oxidation sites excluding steroid dienone is 1.